The van der Waals surface area contributed by atoms with Gasteiger partial charge < -0.3 is 4.57 Å². The summed E-state index contributed by atoms with van der Waals surface area (Å²) in [6.07, 6.45) is 22.8. The molecule has 0 saturated carbocycles. The first-order valence-electron chi connectivity index (χ1n) is 24.5. The first-order valence-corrected chi connectivity index (χ1v) is 24.5. The predicted molar refractivity (Wildman–Crippen MR) is 286 cm³/mol. The van der Waals surface area contributed by atoms with Gasteiger partial charge in [-0.05, 0) is 141 Å². The molecule has 10 aromatic rings. The molecular weight excluding hydrogens is 837 g/mol. The summed E-state index contributed by atoms with van der Waals surface area (Å²) in [5.74, 6) is 0.872. The quantitative estimate of drug-likeness (QED) is 0.160. The molecular formula is C65H48N4. The zero-order valence-electron chi connectivity index (χ0n) is 38.3. The SMILES string of the molecule is C1=CC[C@@H](c2nc(N(c3ccc(C4(c5ccccc5)c5ccccc5-c5c4ccc4ccccc54)cc3)c3ccc4c(c3)c3c(n4-c4ccc5ccccc5c4)C=CCC3)nc3c2C=CCC3)C=C1. The molecule has 0 fully saturated rings. The molecule has 4 heteroatoms. The highest BCUT2D eigenvalue weighted by Crippen LogP contribution is 2.58. The fourth-order valence-corrected chi connectivity index (χ4v) is 12.2. The lowest BCUT2D eigenvalue weighted by Gasteiger charge is -2.34. The number of anilines is 3. The Labute approximate surface area is 402 Å². The lowest BCUT2D eigenvalue weighted by Crippen LogP contribution is -2.28. The molecule has 2 aromatic heterocycles. The Morgan fingerprint density at radius 1 is 0.551 bits per heavy atom. The predicted octanol–water partition coefficient (Wildman–Crippen LogP) is 16.1. The molecule has 0 aliphatic heterocycles. The molecule has 4 aliphatic carbocycles. The molecule has 0 N–H and O–H groups in total. The van der Waals surface area contributed by atoms with E-state index in [1.165, 1.54) is 88.3 Å². The topological polar surface area (TPSA) is 34.0 Å². The average molecular weight is 885 g/mol. The normalized spacial score (nSPS) is 17.5. The van der Waals surface area contributed by atoms with Gasteiger partial charge in [-0.15, -0.1) is 0 Å². The van der Waals surface area contributed by atoms with Crippen molar-refractivity contribution in [3.63, 3.8) is 0 Å². The van der Waals surface area contributed by atoms with Gasteiger partial charge in [0.15, 0.2) is 0 Å². The van der Waals surface area contributed by atoms with Crippen LogP contribution in [-0.2, 0) is 18.3 Å². The first kappa shape index (κ1) is 39.8. The molecule has 328 valence electrons. The molecule has 0 bridgehead atoms. The van der Waals surface area contributed by atoms with Crippen LogP contribution in [0.3, 0.4) is 0 Å². The standard InChI is InChI=1S/C65H48N4/c1-3-19-45(20-4-1)63-55-27-12-15-29-59(55)66-64(67-63)68(51-38-40-61-56(42-51)53-25-13-16-30-60(53)69(61)50-35-31-43-17-7-8-21-46(43)41-50)49-36-33-48(34-37-49)65(47-22-5-2-6-23-47)57-28-14-11-26-54(57)62-52-24-10-9-18-44(52)32-39-58(62)65/h1-12,14,16-19,21-24,26-28,30-42,45H,13,15,20,25,29H2/t45-,65?/m0/s1. The Morgan fingerprint density at radius 2 is 1.30 bits per heavy atom. The maximum absolute atomic E-state index is 5.62. The van der Waals surface area contributed by atoms with Gasteiger partial charge in [0.05, 0.1) is 22.3 Å². The maximum Gasteiger partial charge on any atom is 0.235 e. The van der Waals surface area contributed by atoms with Crippen LogP contribution in [0, 0.1) is 0 Å². The van der Waals surface area contributed by atoms with Gasteiger partial charge in [0.25, 0.3) is 0 Å². The van der Waals surface area contributed by atoms with E-state index < -0.39 is 5.41 Å². The summed E-state index contributed by atoms with van der Waals surface area (Å²) in [6.45, 7) is 0. The second kappa shape index (κ2) is 15.9. The van der Waals surface area contributed by atoms with Crippen molar-refractivity contribution >= 4 is 61.9 Å². The van der Waals surface area contributed by atoms with Crippen LogP contribution in [0.15, 0.2) is 212 Å². The molecule has 69 heavy (non-hydrogen) atoms. The van der Waals surface area contributed by atoms with Gasteiger partial charge in [-0.1, -0.05) is 176 Å². The zero-order valence-corrected chi connectivity index (χ0v) is 38.3. The van der Waals surface area contributed by atoms with Gasteiger partial charge in [-0.3, -0.25) is 4.90 Å². The minimum Gasteiger partial charge on any atom is -0.310 e. The van der Waals surface area contributed by atoms with Crippen molar-refractivity contribution < 1.29 is 0 Å². The van der Waals surface area contributed by atoms with Gasteiger partial charge in [0.2, 0.25) is 5.95 Å². The molecule has 2 heterocycles. The van der Waals surface area contributed by atoms with Crippen LogP contribution in [0.25, 0.3) is 61.4 Å². The Kier molecular flexibility index (Phi) is 9.16. The highest BCUT2D eigenvalue weighted by molar-refractivity contribution is 6.04. The Hall–Kier alpha value is -8.34. The van der Waals surface area contributed by atoms with Gasteiger partial charge in [-0.25, -0.2) is 9.97 Å². The van der Waals surface area contributed by atoms with Crippen molar-refractivity contribution in [1.29, 1.82) is 0 Å². The minimum atomic E-state index is -0.541. The minimum absolute atomic E-state index is 0.166. The fourth-order valence-electron chi connectivity index (χ4n) is 12.2. The lowest BCUT2D eigenvalue weighted by atomic mass is 9.67. The van der Waals surface area contributed by atoms with Crippen LogP contribution in [-0.4, -0.2) is 14.5 Å². The molecule has 1 unspecified atom stereocenters. The summed E-state index contributed by atoms with van der Waals surface area (Å²) in [7, 11) is 0. The van der Waals surface area contributed by atoms with Crippen molar-refractivity contribution in [2.75, 3.05) is 4.90 Å². The third kappa shape index (κ3) is 6.15. The van der Waals surface area contributed by atoms with Gasteiger partial charge in [-0.2, -0.15) is 0 Å². The Morgan fingerprint density at radius 3 is 2.19 bits per heavy atom. The Balaban J connectivity index is 0.987. The Bertz CT molecular complexity index is 3830. The van der Waals surface area contributed by atoms with Crippen LogP contribution < -0.4 is 4.90 Å². The van der Waals surface area contributed by atoms with Crippen molar-refractivity contribution in [2.45, 2.75) is 43.4 Å². The van der Waals surface area contributed by atoms with Crippen molar-refractivity contribution in [2.24, 2.45) is 0 Å². The number of hydrogen-bond donors (Lipinski definition) is 0. The second-order valence-corrected chi connectivity index (χ2v) is 19.0. The van der Waals surface area contributed by atoms with E-state index in [9.17, 15) is 0 Å². The smallest absolute Gasteiger partial charge is 0.235 e. The van der Waals surface area contributed by atoms with Crippen molar-refractivity contribution in [3.05, 3.63) is 263 Å². The third-order valence-electron chi connectivity index (χ3n) is 15.3. The third-order valence-corrected chi connectivity index (χ3v) is 15.3. The second-order valence-electron chi connectivity index (χ2n) is 19.0. The van der Waals surface area contributed by atoms with Crippen LogP contribution in [0.5, 0.6) is 0 Å². The van der Waals surface area contributed by atoms with Crippen molar-refractivity contribution in [3.8, 4) is 16.8 Å². The largest absolute Gasteiger partial charge is 0.310 e. The summed E-state index contributed by atoms with van der Waals surface area (Å²) in [5, 5.41) is 6.28. The van der Waals surface area contributed by atoms with Crippen molar-refractivity contribution in [1.82, 2.24) is 14.5 Å². The van der Waals surface area contributed by atoms with Gasteiger partial charge in [0, 0.05) is 39.6 Å². The molecule has 0 amide bonds. The zero-order chi connectivity index (χ0) is 45.5. The molecule has 4 aliphatic rings. The van der Waals surface area contributed by atoms with E-state index in [1.54, 1.807) is 0 Å². The van der Waals surface area contributed by atoms with E-state index in [1.807, 2.05) is 0 Å². The van der Waals surface area contributed by atoms with E-state index >= 15 is 0 Å². The monoisotopic (exact) mass is 884 g/mol. The molecule has 0 saturated heterocycles. The summed E-state index contributed by atoms with van der Waals surface area (Å²) in [6, 6.07) is 65.6. The van der Waals surface area contributed by atoms with Gasteiger partial charge in [0.1, 0.15) is 0 Å². The van der Waals surface area contributed by atoms with E-state index in [4.69, 9.17) is 9.97 Å². The van der Waals surface area contributed by atoms with Crippen LogP contribution in [0.2, 0.25) is 0 Å². The number of nitrogens with zero attached hydrogens (tertiary/aromatic N) is 4. The van der Waals surface area contributed by atoms with Crippen LogP contribution in [0.4, 0.5) is 17.3 Å². The van der Waals surface area contributed by atoms with Gasteiger partial charge >= 0.3 is 0 Å². The van der Waals surface area contributed by atoms with Crippen LogP contribution >= 0.6 is 0 Å². The molecule has 2 atom stereocenters. The fraction of sp³-hybridized carbons (Fsp3) is 0.108. The molecule has 4 nitrogen and oxygen atoms in total. The number of benzene rings is 8. The highest BCUT2D eigenvalue weighted by Gasteiger charge is 2.46. The van der Waals surface area contributed by atoms with E-state index in [0.29, 0.717) is 5.95 Å². The maximum atomic E-state index is 5.62. The van der Waals surface area contributed by atoms with E-state index in [-0.39, 0.29) is 5.92 Å². The number of allylic oxidation sites excluding steroid dienone is 6. The molecule has 14 rings (SSSR count). The lowest BCUT2D eigenvalue weighted by molar-refractivity contribution is 0.768. The first-order chi connectivity index (χ1) is 34.2. The van der Waals surface area contributed by atoms with E-state index in [0.717, 1.165) is 54.9 Å². The number of aryl methyl sites for hydroxylation is 2. The van der Waals surface area contributed by atoms with E-state index in [2.05, 4.69) is 234 Å². The average Bonchev–Trinajstić information content (AvgIpc) is 3.92. The molecule has 0 radical (unpaired) electrons. The number of fused-ring (bicyclic) bond motifs is 10. The number of aromatic nitrogens is 3. The summed E-state index contributed by atoms with van der Waals surface area (Å²) in [5.41, 5.74) is 17.6. The van der Waals surface area contributed by atoms with Crippen LogP contribution in [0.1, 0.15) is 75.6 Å². The summed E-state index contributed by atoms with van der Waals surface area (Å²) < 4.78 is 2.46. The molecule has 8 aromatic carbocycles. The summed E-state index contributed by atoms with van der Waals surface area (Å²) >= 11 is 0. The number of rotatable bonds is 7. The summed E-state index contributed by atoms with van der Waals surface area (Å²) in [4.78, 5) is 13.5. The highest BCUT2D eigenvalue weighted by atomic mass is 15.3. The molecule has 0 spiro atoms. The number of hydrogen-bond acceptors (Lipinski definition) is 3.